The number of halogens is 2. The first-order valence-electron chi connectivity index (χ1n) is 10.3. The number of anilines is 2. The number of ketones is 1. The molecule has 2 aromatic heterocycles. The molecule has 0 saturated carbocycles. The van der Waals surface area contributed by atoms with Crippen molar-refractivity contribution in [2.75, 3.05) is 17.6 Å². The number of fused-ring (bicyclic) bond motifs is 1. The molecule has 184 valence electrons. The molecule has 1 aromatic carbocycles. The average molecular weight is 611 g/mol. The summed E-state index contributed by atoms with van der Waals surface area (Å²) in [5.74, 6) is -1.51. The van der Waals surface area contributed by atoms with Crippen LogP contribution in [0, 0.1) is 0 Å². The fraction of sp³-hybridized carbons (Fsp3) is 0.238. The first kappa shape index (κ1) is 24.8. The third kappa shape index (κ3) is 5.33. The number of amides is 1. The second kappa shape index (κ2) is 10.1. The lowest BCUT2D eigenvalue weighted by Crippen LogP contribution is -2.45. The van der Waals surface area contributed by atoms with Crippen LogP contribution in [0.4, 0.5) is 11.6 Å². The summed E-state index contributed by atoms with van der Waals surface area (Å²) >= 11 is 6.63. The summed E-state index contributed by atoms with van der Waals surface area (Å²) in [6.45, 7) is 0.104. The molecule has 0 spiro atoms. The minimum atomic E-state index is -1.34. The zero-order valence-electron chi connectivity index (χ0n) is 18.0. The molecule has 3 heterocycles. The minimum Gasteiger partial charge on any atom is -0.480 e. The van der Waals surface area contributed by atoms with E-state index in [-0.39, 0.29) is 30.4 Å². The number of nitrogens with two attached hydrogens (primary N) is 2. The third-order valence-electron chi connectivity index (χ3n) is 5.37. The van der Waals surface area contributed by atoms with Gasteiger partial charge < -0.3 is 41.9 Å². The number of carboxylic acids is 1. The first-order chi connectivity index (χ1) is 16.6. The van der Waals surface area contributed by atoms with Crippen molar-refractivity contribution in [3.63, 3.8) is 0 Å². The van der Waals surface area contributed by atoms with Gasteiger partial charge in [0, 0.05) is 18.5 Å². The lowest BCUT2D eigenvalue weighted by molar-refractivity contribution is -0.138. The Morgan fingerprint density at radius 2 is 2.03 bits per heavy atom. The summed E-state index contributed by atoms with van der Waals surface area (Å²) in [6.07, 6.45) is 0.509. The number of carbonyl (C=O) groups excluding carboxylic acids is 2. The van der Waals surface area contributed by atoms with Crippen molar-refractivity contribution in [3.8, 4) is 5.75 Å². The van der Waals surface area contributed by atoms with Crippen LogP contribution in [-0.2, 0) is 4.79 Å². The number of nitrogen functional groups attached to an aromatic ring is 1. The molecule has 1 aliphatic heterocycles. The highest BCUT2D eigenvalue weighted by Gasteiger charge is 2.35. The van der Waals surface area contributed by atoms with Gasteiger partial charge in [-0.1, -0.05) is 6.07 Å². The van der Waals surface area contributed by atoms with E-state index in [1.165, 1.54) is 6.20 Å². The molecule has 0 bridgehead atoms. The molecule has 35 heavy (non-hydrogen) atoms. The molecule has 0 saturated heterocycles. The zero-order chi connectivity index (χ0) is 25.3. The SMILES string of the molecule is Nc1ncc([C@H]2Oc3cccc(C(=O)C[C@H](N)C(=O)O)c3N[C@@H]2CNC(=O)c2cc(Br)c(Br)[nH]2)[nH]1. The number of nitrogens with one attached hydrogen (secondary N) is 4. The number of carboxylic acid groups (broad SMARTS) is 1. The Morgan fingerprint density at radius 1 is 1.26 bits per heavy atom. The number of hydrogen-bond donors (Lipinski definition) is 7. The number of carbonyl (C=O) groups is 3. The van der Waals surface area contributed by atoms with E-state index in [1.54, 1.807) is 24.3 Å². The van der Waals surface area contributed by atoms with E-state index in [0.29, 0.717) is 31.9 Å². The van der Waals surface area contributed by atoms with Gasteiger partial charge in [-0.15, -0.1) is 0 Å². The number of Topliss-reactive ketones (excluding diaryl/α,β-unsaturated/α-hetero) is 1. The highest BCUT2D eigenvalue weighted by Crippen LogP contribution is 2.39. The number of ether oxygens (including phenoxy) is 1. The molecule has 0 fully saturated rings. The number of hydrogen-bond acceptors (Lipinski definition) is 8. The molecule has 12 nitrogen and oxygen atoms in total. The van der Waals surface area contributed by atoms with Crippen LogP contribution in [-0.4, -0.2) is 56.3 Å². The van der Waals surface area contributed by atoms with Crippen molar-refractivity contribution >= 4 is 61.2 Å². The number of rotatable bonds is 8. The van der Waals surface area contributed by atoms with Gasteiger partial charge in [-0.2, -0.15) is 0 Å². The number of benzene rings is 1. The van der Waals surface area contributed by atoms with E-state index in [1.807, 2.05) is 0 Å². The van der Waals surface area contributed by atoms with Crippen LogP contribution in [0.5, 0.6) is 5.75 Å². The largest absolute Gasteiger partial charge is 0.480 e. The van der Waals surface area contributed by atoms with Gasteiger partial charge in [0.1, 0.15) is 17.5 Å². The van der Waals surface area contributed by atoms with E-state index in [9.17, 15) is 14.4 Å². The number of H-pyrrole nitrogens is 2. The van der Waals surface area contributed by atoms with Crippen LogP contribution in [0.3, 0.4) is 0 Å². The average Bonchev–Trinajstić information content (AvgIpc) is 3.41. The fourth-order valence-corrected chi connectivity index (χ4v) is 4.30. The molecule has 14 heteroatoms. The highest BCUT2D eigenvalue weighted by molar-refractivity contribution is 9.13. The Bertz CT molecular complexity index is 1270. The molecular formula is C21H21Br2N7O5. The number of aliphatic carboxylic acids is 1. The van der Waals surface area contributed by atoms with Crippen LogP contribution < -0.4 is 26.8 Å². The summed E-state index contributed by atoms with van der Waals surface area (Å²) in [6, 6.07) is 4.61. The van der Waals surface area contributed by atoms with Crippen LogP contribution in [0.15, 0.2) is 39.5 Å². The van der Waals surface area contributed by atoms with Crippen molar-refractivity contribution in [2.45, 2.75) is 24.6 Å². The monoisotopic (exact) mass is 609 g/mol. The van der Waals surface area contributed by atoms with Crippen molar-refractivity contribution in [2.24, 2.45) is 5.73 Å². The number of para-hydroxylation sites is 1. The normalized spacial score (nSPS) is 17.6. The molecule has 0 radical (unpaired) electrons. The van der Waals surface area contributed by atoms with E-state index >= 15 is 0 Å². The van der Waals surface area contributed by atoms with Crippen molar-refractivity contribution < 1.29 is 24.2 Å². The smallest absolute Gasteiger partial charge is 0.320 e. The van der Waals surface area contributed by atoms with Crippen molar-refractivity contribution in [1.29, 1.82) is 0 Å². The molecule has 3 aromatic rings. The maximum absolute atomic E-state index is 12.8. The predicted octanol–water partition coefficient (Wildman–Crippen LogP) is 2.17. The second-order valence-electron chi connectivity index (χ2n) is 7.82. The first-order valence-corrected chi connectivity index (χ1v) is 11.9. The van der Waals surface area contributed by atoms with Gasteiger partial charge in [-0.3, -0.25) is 14.4 Å². The number of aromatic nitrogens is 3. The topological polar surface area (TPSA) is 201 Å². The van der Waals surface area contributed by atoms with Crippen LogP contribution >= 0.6 is 31.9 Å². The summed E-state index contributed by atoms with van der Waals surface area (Å²) in [7, 11) is 0. The number of nitrogens with zero attached hydrogens (tertiary/aromatic N) is 1. The number of aromatic amines is 2. The van der Waals surface area contributed by atoms with E-state index in [4.69, 9.17) is 21.3 Å². The summed E-state index contributed by atoms with van der Waals surface area (Å²) < 4.78 is 7.51. The third-order valence-corrected chi connectivity index (χ3v) is 7.16. The standard InChI is InChI=1S/C21H21Br2N7O5/c22-9-4-11(29-18(9)23)19(32)26-6-12-17(13-7-27-21(25)30-13)35-15-3-1-2-8(16(15)28-12)14(31)5-10(24)20(33)34/h1-4,7,10,12,17,28-29H,5-6,24H2,(H,26,32)(H,33,34)(H3,25,27,30)/t10-,12+,17-/m0/s1. The lowest BCUT2D eigenvalue weighted by atomic mass is 9.98. The van der Waals surface area contributed by atoms with Crippen molar-refractivity contribution in [3.05, 3.63) is 56.5 Å². The van der Waals surface area contributed by atoms with Gasteiger partial charge in [-0.25, -0.2) is 4.98 Å². The van der Waals surface area contributed by atoms with Crippen LogP contribution in [0.25, 0.3) is 0 Å². The van der Waals surface area contributed by atoms with Crippen LogP contribution in [0.1, 0.15) is 39.1 Å². The molecular weight excluding hydrogens is 590 g/mol. The van der Waals surface area contributed by atoms with Gasteiger partial charge in [0.15, 0.2) is 17.8 Å². The summed E-state index contributed by atoms with van der Waals surface area (Å²) in [5.41, 5.74) is 12.8. The molecule has 0 unspecified atom stereocenters. The molecule has 0 aliphatic carbocycles. The van der Waals surface area contributed by atoms with E-state index < -0.39 is 29.9 Å². The Kier molecular flexibility index (Phi) is 7.14. The number of imidazole rings is 1. The Balaban J connectivity index is 1.61. The van der Waals surface area contributed by atoms with E-state index in [2.05, 4.69) is 57.4 Å². The van der Waals surface area contributed by atoms with Gasteiger partial charge in [0.2, 0.25) is 0 Å². The Labute approximate surface area is 215 Å². The zero-order valence-corrected chi connectivity index (χ0v) is 21.1. The van der Waals surface area contributed by atoms with Gasteiger partial charge >= 0.3 is 5.97 Å². The Morgan fingerprint density at radius 3 is 2.66 bits per heavy atom. The van der Waals surface area contributed by atoms with E-state index in [0.717, 1.165) is 0 Å². The lowest BCUT2D eigenvalue weighted by Gasteiger charge is -2.35. The quantitative estimate of drug-likeness (QED) is 0.187. The molecule has 4 rings (SSSR count). The fourth-order valence-electron chi connectivity index (χ4n) is 3.65. The van der Waals surface area contributed by atoms with Gasteiger partial charge in [-0.05, 0) is 50.1 Å². The van der Waals surface area contributed by atoms with Crippen LogP contribution in [0.2, 0.25) is 0 Å². The maximum atomic E-state index is 12.8. The maximum Gasteiger partial charge on any atom is 0.320 e. The molecule has 1 amide bonds. The van der Waals surface area contributed by atoms with Crippen molar-refractivity contribution in [1.82, 2.24) is 20.3 Å². The van der Waals surface area contributed by atoms with Gasteiger partial charge in [0.05, 0.1) is 32.7 Å². The van der Waals surface area contributed by atoms with Gasteiger partial charge in [0.25, 0.3) is 5.91 Å². The molecule has 1 aliphatic rings. The minimum absolute atomic E-state index is 0.104. The summed E-state index contributed by atoms with van der Waals surface area (Å²) in [5, 5.41) is 15.2. The molecule has 3 atom stereocenters. The molecule has 9 N–H and O–H groups in total. The highest BCUT2D eigenvalue weighted by atomic mass is 79.9. The summed E-state index contributed by atoms with van der Waals surface area (Å²) in [4.78, 5) is 46.5. The Hall–Kier alpha value is -3.36. The second-order valence-corrected chi connectivity index (χ2v) is 9.47. The predicted molar refractivity (Wildman–Crippen MR) is 133 cm³/mol.